The van der Waals surface area contributed by atoms with E-state index in [0.717, 1.165) is 10.9 Å². The average Bonchev–Trinajstić information content (AvgIpc) is 2.65. The fourth-order valence-electron chi connectivity index (χ4n) is 1.83. The van der Waals surface area contributed by atoms with Crippen LogP contribution in [0.4, 0.5) is 0 Å². The van der Waals surface area contributed by atoms with E-state index in [0.29, 0.717) is 24.6 Å². The molecule has 0 N–H and O–H groups in total. The molecule has 1 aromatic heterocycles. The monoisotopic (exact) mass is 251 g/mol. The van der Waals surface area contributed by atoms with Crippen molar-refractivity contribution in [1.82, 2.24) is 4.57 Å². The second-order valence-corrected chi connectivity index (χ2v) is 4.15. The summed E-state index contributed by atoms with van der Waals surface area (Å²) in [7, 11) is 0. The number of nitrogens with zero attached hydrogens (tertiary/aromatic N) is 1. The molecule has 0 aliphatic heterocycles. The number of aromatic nitrogens is 1. The van der Waals surface area contributed by atoms with Crippen molar-refractivity contribution in [2.75, 3.05) is 6.61 Å². The second-order valence-electron chi connectivity index (χ2n) is 3.74. The first-order chi connectivity index (χ1) is 8.22. The molecular weight excluding hydrogens is 238 g/mol. The summed E-state index contributed by atoms with van der Waals surface area (Å²) in [6, 6.07) is 7.87. The number of esters is 1. The minimum atomic E-state index is -0.179. The third-order valence-electron chi connectivity index (χ3n) is 2.60. The van der Waals surface area contributed by atoms with Crippen molar-refractivity contribution in [2.24, 2.45) is 0 Å². The van der Waals surface area contributed by atoms with Gasteiger partial charge in [0.2, 0.25) is 0 Å². The van der Waals surface area contributed by atoms with Crippen LogP contribution in [0.1, 0.15) is 13.3 Å². The molecule has 2 aromatic rings. The van der Waals surface area contributed by atoms with E-state index in [1.165, 1.54) is 0 Å². The predicted octanol–water partition coefficient (Wildman–Crippen LogP) is 3.25. The van der Waals surface area contributed by atoms with E-state index in [9.17, 15) is 4.79 Å². The van der Waals surface area contributed by atoms with E-state index in [4.69, 9.17) is 16.3 Å². The third kappa shape index (κ3) is 2.61. The Hall–Kier alpha value is -1.48. The lowest BCUT2D eigenvalue weighted by Gasteiger charge is -2.04. The highest BCUT2D eigenvalue weighted by Gasteiger charge is 2.08. The molecule has 0 saturated carbocycles. The quantitative estimate of drug-likeness (QED) is 0.781. The van der Waals surface area contributed by atoms with Gasteiger partial charge in [0.15, 0.2) is 0 Å². The lowest BCUT2D eigenvalue weighted by molar-refractivity contribution is -0.143. The molecule has 0 fully saturated rings. The zero-order valence-corrected chi connectivity index (χ0v) is 10.4. The van der Waals surface area contributed by atoms with Crippen LogP contribution in [0.5, 0.6) is 0 Å². The number of hydrogen-bond donors (Lipinski definition) is 0. The Morgan fingerprint density at radius 2 is 2.18 bits per heavy atom. The van der Waals surface area contributed by atoms with Crippen molar-refractivity contribution in [1.29, 1.82) is 0 Å². The van der Waals surface area contributed by atoms with Crippen LogP contribution in [0.15, 0.2) is 30.5 Å². The van der Waals surface area contributed by atoms with Crippen molar-refractivity contribution in [2.45, 2.75) is 19.9 Å². The smallest absolute Gasteiger partial charge is 0.307 e. The van der Waals surface area contributed by atoms with Crippen LogP contribution in [0, 0.1) is 0 Å². The number of rotatable bonds is 4. The SMILES string of the molecule is CCOC(=O)CCn1cc(Cl)c2ccccc21. The van der Waals surface area contributed by atoms with Gasteiger partial charge in [-0.1, -0.05) is 29.8 Å². The Morgan fingerprint density at radius 1 is 1.41 bits per heavy atom. The number of hydrogen-bond acceptors (Lipinski definition) is 2. The van der Waals surface area contributed by atoms with Gasteiger partial charge in [-0.25, -0.2) is 0 Å². The van der Waals surface area contributed by atoms with Gasteiger partial charge in [-0.15, -0.1) is 0 Å². The van der Waals surface area contributed by atoms with Gasteiger partial charge in [-0.2, -0.15) is 0 Å². The molecule has 0 aliphatic rings. The van der Waals surface area contributed by atoms with Gasteiger partial charge < -0.3 is 9.30 Å². The molecule has 0 atom stereocenters. The number of aryl methyl sites for hydroxylation is 1. The van der Waals surface area contributed by atoms with E-state index in [-0.39, 0.29) is 5.97 Å². The predicted molar refractivity (Wildman–Crippen MR) is 68.2 cm³/mol. The van der Waals surface area contributed by atoms with Crippen molar-refractivity contribution >= 4 is 28.5 Å². The van der Waals surface area contributed by atoms with Gasteiger partial charge in [0.25, 0.3) is 0 Å². The highest BCUT2D eigenvalue weighted by Crippen LogP contribution is 2.25. The minimum absolute atomic E-state index is 0.179. The van der Waals surface area contributed by atoms with E-state index < -0.39 is 0 Å². The molecule has 2 rings (SSSR count). The number of benzene rings is 1. The summed E-state index contributed by atoms with van der Waals surface area (Å²) in [4.78, 5) is 11.3. The number of carbonyl (C=O) groups excluding carboxylic acids is 1. The summed E-state index contributed by atoms with van der Waals surface area (Å²) < 4.78 is 6.88. The van der Waals surface area contributed by atoms with Crippen molar-refractivity contribution in [3.63, 3.8) is 0 Å². The van der Waals surface area contributed by atoms with Crippen molar-refractivity contribution in [3.8, 4) is 0 Å². The van der Waals surface area contributed by atoms with Crippen molar-refractivity contribution < 1.29 is 9.53 Å². The van der Waals surface area contributed by atoms with E-state index in [2.05, 4.69) is 0 Å². The first-order valence-electron chi connectivity index (χ1n) is 5.61. The maximum atomic E-state index is 11.3. The Balaban J connectivity index is 2.16. The summed E-state index contributed by atoms with van der Waals surface area (Å²) in [6.07, 6.45) is 2.22. The average molecular weight is 252 g/mol. The zero-order valence-electron chi connectivity index (χ0n) is 9.65. The lowest BCUT2D eigenvalue weighted by atomic mass is 10.2. The number of para-hydroxylation sites is 1. The molecule has 17 heavy (non-hydrogen) atoms. The van der Waals surface area contributed by atoms with Gasteiger partial charge in [-0.3, -0.25) is 4.79 Å². The van der Waals surface area contributed by atoms with E-state index >= 15 is 0 Å². The van der Waals surface area contributed by atoms with E-state index in [1.807, 2.05) is 35.0 Å². The summed E-state index contributed by atoms with van der Waals surface area (Å²) in [5.41, 5.74) is 1.04. The topological polar surface area (TPSA) is 31.2 Å². The van der Waals surface area contributed by atoms with E-state index in [1.54, 1.807) is 6.92 Å². The molecule has 0 spiro atoms. The van der Waals surface area contributed by atoms with Gasteiger partial charge in [-0.05, 0) is 13.0 Å². The Bertz CT molecular complexity index is 533. The van der Waals surface area contributed by atoms with Crippen LogP contribution in [-0.2, 0) is 16.1 Å². The van der Waals surface area contributed by atoms with Crippen LogP contribution in [0.25, 0.3) is 10.9 Å². The largest absolute Gasteiger partial charge is 0.466 e. The maximum absolute atomic E-state index is 11.3. The molecule has 3 nitrogen and oxygen atoms in total. The minimum Gasteiger partial charge on any atom is -0.466 e. The van der Waals surface area contributed by atoms with Crippen LogP contribution < -0.4 is 0 Å². The highest BCUT2D eigenvalue weighted by molar-refractivity contribution is 6.35. The molecule has 1 aromatic carbocycles. The maximum Gasteiger partial charge on any atom is 0.307 e. The number of ether oxygens (including phenoxy) is 1. The fourth-order valence-corrected chi connectivity index (χ4v) is 2.11. The summed E-state index contributed by atoms with van der Waals surface area (Å²) in [5, 5.41) is 1.72. The number of carbonyl (C=O) groups is 1. The van der Waals surface area contributed by atoms with Gasteiger partial charge >= 0.3 is 5.97 Å². The molecule has 0 saturated heterocycles. The van der Waals surface area contributed by atoms with Crippen LogP contribution in [-0.4, -0.2) is 17.1 Å². The summed E-state index contributed by atoms with van der Waals surface area (Å²) >= 11 is 6.12. The molecule has 1 heterocycles. The van der Waals surface area contributed by atoms with Crippen LogP contribution in [0.3, 0.4) is 0 Å². The van der Waals surface area contributed by atoms with Crippen molar-refractivity contribution in [3.05, 3.63) is 35.5 Å². The molecule has 0 bridgehead atoms. The third-order valence-corrected chi connectivity index (χ3v) is 2.90. The van der Waals surface area contributed by atoms with Gasteiger partial charge in [0.05, 0.1) is 18.1 Å². The molecule has 90 valence electrons. The lowest BCUT2D eigenvalue weighted by Crippen LogP contribution is -2.08. The highest BCUT2D eigenvalue weighted by atomic mass is 35.5. The molecule has 0 radical (unpaired) electrons. The zero-order chi connectivity index (χ0) is 12.3. The fraction of sp³-hybridized carbons (Fsp3) is 0.308. The molecule has 4 heteroatoms. The Kier molecular flexibility index (Phi) is 3.69. The van der Waals surface area contributed by atoms with Crippen LogP contribution in [0.2, 0.25) is 5.02 Å². The summed E-state index contributed by atoms with van der Waals surface area (Å²) in [5.74, 6) is -0.179. The molecular formula is C13H14ClNO2. The molecule has 0 unspecified atom stereocenters. The Morgan fingerprint density at radius 3 is 2.94 bits per heavy atom. The number of halogens is 1. The van der Waals surface area contributed by atoms with Gasteiger partial charge in [0, 0.05) is 23.6 Å². The van der Waals surface area contributed by atoms with Gasteiger partial charge in [0.1, 0.15) is 0 Å². The number of fused-ring (bicyclic) bond motifs is 1. The standard InChI is InChI=1S/C13H14ClNO2/c1-2-17-13(16)7-8-15-9-11(14)10-5-3-4-6-12(10)15/h3-6,9H,2,7-8H2,1H3. The first kappa shape index (κ1) is 12.0. The Labute approximate surface area is 105 Å². The first-order valence-corrected chi connectivity index (χ1v) is 5.99. The van der Waals surface area contributed by atoms with Crippen LogP contribution >= 0.6 is 11.6 Å². The second kappa shape index (κ2) is 5.23. The molecule has 0 amide bonds. The normalized spacial score (nSPS) is 10.7. The summed E-state index contributed by atoms with van der Waals surface area (Å²) in [6.45, 7) is 2.82. The molecule has 0 aliphatic carbocycles.